The van der Waals surface area contributed by atoms with Gasteiger partial charge in [-0.1, -0.05) is 0 Å². The van der Waals surface area contributed by atoms with E-state index in [1.165, 1.54) is 0 Å². The zero-order valence-corrected chi connectivity index (χ0v) is 9.12. The highest BCUT2D eigenvalue weighted by Crippen LogP contribution is 2.33. The average Bonchev–Trinajstić information content (AvgIpc) is 2.26. The number of benzene rings is 1. The van der Waals surface area contributed by atoms with Gasteiger partial charge in [-0.25, -0.2) is 0 Å². The highest BCUT2D eigenvalue weighted by atomic mass is 16.5. The number of phenols is 1. The second kappa shape index (κ2) is 5.46. The molecule has 1 aromatic carbocycles. The van der Waals surface area contributed by atoms with Gasteiger partial charge in [0.05, 0.1) is 14.2 Å². The maximum atomic E-state index is 9.76. The molecule has 0 fully saturated rings. The van der Waals surface area contributed by atoms with Crippen LogP contribution in [0.4, 0.5) is 0 Å². The maximum Gasteiger partial charge on any atom is 0.129 e. The highest BCUT2D eigenvalue weighted by Gasteiger charge is 2.10. The molecule has 0 aliphatic heterocycles. The predicted octanol–water partition coefficient (Wildman–Crippen LogP) is 1.30. The summed E-state index contributed by atoms with van der Waals surface area (Å²) >= 11 is 0. The Morgan fingerprint density at radius 3 is 2.53 bits per heavy atom. The van der Waals surface area contributed by atoms with E-state index < -0.39 is 0 Å². The van der Waals surface area contributed by atoms with E-state index in [9.17, 15) is 5.11 Å². The van der Waals surface area contributed by atoms with E-state index in [2.05, 4.69) is 0 Å². The van der Waals surface area contributed by atoms with Crippen molar-refractivity contribution in [3.8, 4) is 17.2 Å². The van der Waals surface area contributed by atoms with Crippen LogP contribution in [0.3, 0.4) is 0 Å². The minimum Gasteiger partial charge on any atom is -0.507 e. The van der Waals surface area contributed by atoms with Crippen molar-refractivity contribution in [3.63, 3.8) is 0 Å². The molecule has 4 nitrogen and oxygen atoms in total. The third-order valence-corrected chi connectivity index (χ3v) is 2.25. The zero-order chi connectivity index (χ0) is 11.3. The highest BCUT2D eigenvalue weighted by molar-refractivity contribution is 5.50. The first-order chi connectivity index (χ1) is 7.22. The van der Waals surface area contributed by atoms with E-state index >= 15 is 0 Å². The van der Waals surface area contributed by atoms with Crippen LogP contribution < -0.4 is 15.2 Å². The molecule has 84 valence electrons. The molecule has 0 amide bonds. The molecule has 1 aromatic rings. The molecule has 0 spiro atoms. The van der Waals surface area contributed by atoms with Gasteiger partial charge in [-0.15, -0.1) is 0 Å². The third-order valence-electron chi connectivity index (χ3n) is 2.25. The lowest BCUT2D eigenvalue weighted by Gasteiger charge is -2.12. The van der Waals surface area contributed by atoms with Gasteiger partial charge in [-0.3, -0.25) is 0 Å². The van der Waals surface area contributed by atoms with E-state index in [1.807, 2.05) is 0 Å². The molecular weight excluding hydrogens is 194 g/mol. The summed E-state index contributed by atoms with van der Waals surface area (Å²) in [5, 5.41) is 9.76. The van der Waals surface area contributed by atoms with E-state index in [0.29, 0.717) is 24.5 Å². The Balaban J connectivity index is 3.01. The minimum atomic E-state index is 0.194. The van der Waals surface area contributed by atoms with Gasteiger partial charge >= 0.3 is 0 Å². The summed E-state index contributed by atoms with van der Waals surface area (Å²) in [7, 11) is 3.12. The standard InChI is InChI=1S/C11H17NO3/c1-14-8-6-10(13)9(4-3-5-12)11(7-8)15-2/h6-7,13H,3-5,12H2,1-2H3. The molecule has 15 heavy (non-hydrogen) atoms. The fourth-order valence-corrected chi connectivity index (χ4v) is 1.44. The Kier molecular flexibility index (Phi) is 4.24. The monoisotopic (exact) mass is 211 g/mol. The van der Waals surface area contributed by atoms with Crippen molar-refractivity contribution in [2.75, 3.05) is 20.8 Å². The Labute approximate surface area is 89.6 Å². The number of hydrogen-bond donors (Lipinski definition) is 2. The van der Waals surface area contributed by atoms with E-state index in [4.69, 9.17) is 15.2 Å². The van der Waals surface area contributed by atoms with Gasteiger partial charge in [0.25, 0.3) is 0 Å². The van der Waals surface area contributed by atoms with Crippen LogP contribution in [0, 0.1) is 0 Å². The smallest absolute Gasteiger partial charge is 0.129 e. The number of hydrogen-bond acceptors (Lipinski definition) is 4. The van der Waals surface area contributed by atoms with Crippen LogP contribution in [-0.2, 0) is 6.42 Å². The lowest BCUT2D eigenvalue weighted by molar-refractivity contribution is 0.379. The molecule has 0 bridgehead atoms. The van der Waals surface area contributed by atoms with E-state index in [0.717, 1.165) is 12.0 Å². The minimum absolute atomic E-state index is 0.194. The molecule has 0 aliphatic carbocycles. The molecule has 0 saturated heterocycles. The van der Waals surface area contributed by atoms with Crippen LogP contribution in [0.1, 0.15) is 12.0 Å². The Morgan fingerprint density at radius 1 is 1.27 bits per heavy atom. The zero-order valence-electron chi connectivity index (χ0n) is 9.12. The molecule has 0 radical (unpaired) electrons. The quantitative estimate of drug-likeness (QED) is 0.770. The number of methoxy groups -OCH3 is 2. The second-order valence-corrected chi connectivity index (χ2v) is 3.22. The Morgan fingerprint density at radius 2 is 2.00 bits per heavy atom. The van der Waals surface area contributed by atoms with Crippen LogP contribution in [0.15, 0.2) is 12.1 Å². The van der Waals surface area contributed by atoms with Crippen LogP contribution >= 0.6 is 0 Å². The summed E-state index contributed by atoms with van der Waals surface area (Å²) in [5.74, 6) is 1.42. The van der Waals surface area contributed by atoms with Gasteiger partial charge in [0.15, 0.2) is 0 Å². The summed E-state index contributed by atoms with van der Waals surface area (Å²) in [6.07, 6.45) is 1.52. The molecule has 0 aromatic heterocycles. The molecule has 1 rings (SSSR count). The van der Waals surface area contributed by atoms with Crippen molar-refractivity contribution in [1.82, 2.24) is 0 Å². The van der Waals surface area contributed by atoms with Crippen molar-refractivity contribution in [1.29, 1.82) is 0 Å². The largest absolute Gasteiger partial charge is 0.507 e. The van der Waals surface area contributed by atoms with Crippen molar-refractivity contribution in [3.05, 3.63) is 17.7 Å². The molecular formula is C11H17NO3. The molecule has 4 heteroatoms. The average molecular weight is 211 g/mol. The van der Waals surface area contributed by atoms with Crippen molar-refractivity contribution in [2.24, 2.45) is 5.73 Å². The summed E-state index contributed by atoms with van der Waals surface area (Å²) in [6.45, 7) is 0.592. The topological polar surface area (TPSA) is 64.7 Å². The van der Waals surface area contributed by atoms with Gasteiger partial charge in [0.2, 0.25) is 0 Å². The number of aromatic hydroxyl groups is 1. The summed E-state index contributed by atoms with van der Waals surface area (Å²) in [5.41, 5.74) is 6.21. The predicted molar refractivity (Wildman–Crippen MR) is 58.6 cm³/mol. The van der Waals surface area contributed by atoms with Gasteiger partial charge in [0.1, 0.15) is 17.2 Å². The molecule has 0 heterocycles. The fraction of sp³-hybridized carbons (Fsp3) is 0.455. The second-order valence-electron chi connectivity index (χ2n) is 3.22. The molecule has 0 unspecified atom stereocenters. The molecule has 0 atom stereocenters. The summed E-state index contributed by atoms with van der Waals surface area (Å²) in [6, 6.07) is 3.33. The van der Waals surface area contributed by atoms with Gasteiger partial charge in [-0.2, -0.15) is 0 Å². The fourth-order valence-electron chi connectivity index (χ4n) is 1.44. The van der Waals surface area contributed by atoms with Crippen LogP contribution in [0.2, 0.25) is 0 Å². The first kappa shape index (κ1) is 11.7. The number of ether oxygens (including phenoxy) is 2. The van der Waals surface area contributed by atoms with E-state index in [1.54, 1.807) is 26.4 Å². The van der Waals surface area contributed by atoms with Crippen molar-refractivity contribution >= 4 is 0 Å². The number of phenolic OH excluding ortho intramolecular Hbond substituents is 1. The van der Waals surface area contributed by atoms with Crippen LogP contribution in [-0.4, -0.2) is 25.9 Å². The lowest BCUT2D eigenvalue weighted by Crippen LogP contribution is -2.02. The Hall–Kier alpha value is -1.42. The Bertz CT molecular complexity index is 326. The molecule has 0 saturated carbocycles. The normalized spacial score (nSPS) is 10.1. The van der Waals surface area contributed by atoms with E-state index in [-0.39, 0.29) is 5.75 Å². The lowest BCUT2D eigenvalue weighted by atomic mass is 10.1. The van der Waals surface area contributed by atoms with Crippen LogP contribution in [0.25, 0.3) is 0 Å². The first-order valence-corrected chi connectivity index (χ1v) is 4.86. The number of rotatable bonds is 5. The maximum absolute atomic E-state index is 9.76. The van der Waals surface area contributed by atoms with Gasteiger partial charge in [0, 0.05) is 17.7 Å². The third kappa shape index (κ3) is 2.76. The summed E-state index contributed by atoms with van der Waals surface area (Å²) in [4.78, 5) is 0. The molecule has 3 N–H and O–H groups in total. The first-order valence-electron chi connectivity index (χ1n) is 4.86. The van der Waals surface area contributed by atoms with Crippen LogP contribution in [0.5, 0.6) is 17.2 Å². The van der Waals surface area contributed by atoms with Crippen molar-refractivity contribution < 1.29 is 14.6 Å². The van der Waals surface area contributed by atoms with Gasteiger partial charge < -0.3 is 20.3 Å². The number of nitrogens with two attached hydrogens (primary N) is 1. The SMILES string of the molecule is COc1cc(O)c(CCCN)c(OC)c1. The van der Waals surface area contributed by atoms with Gasteiger partial charge in [-0.05, 0) is 19.4 Å². The molecule has 0 aliphatic rings. The van der Waals surface area contributed by atoms with Crippen molar-refractivity contribution in [2.45, 2.75) is 12.8 Å². The summed E-state index contributed by atoms with van der Waals surface area (Å²) < 4.78 is 10.2.